The Labute approximate surface area is 220 Å². The van der Waals surface area contributed by atoms with E-state index in [2.05, 4.69) is 139 Å². The van der Waals surface area contributed by atoms with Gasteiger partial charge in [-0.1, -0.05) is 72.5 Å². The molecule has 0 saturated heterocycles. The molecule has 4 aromatic carbocycles. The highest BCUT2D eigenvalue weighted by molar-refractivity contribution is 14.2. The van der Waals surface area contributed by atoms with Crippen LogP contribution in [0.3, 0.4) is 0 Å². The topological polar surface area (TPSA) is 12.9 Å². The zero-order chi connectivity index (χ0) is 21.9. The highest BCUT2D eigenvalue weighted by Crippen LogP contribution is 2.32. The summed E-state index contributed by atoms with van der Waals surface area (Å²) >= 11 is 4.62. The molecule has 0 aliphatic heterocycles. The van der Waals surface area contributed by atoms with Crippen molar-refractivity contribution in [2.24, 2.45) is 0 Å². The van der Waals surface area contributed by atoms with Gasteiger partial charge in [-0.15, -0.1) is 0 Å². The van der Waals surface area contributed by atoms with Gasteiger partial charge < -0.3 is 0 Å². The van der Waals surface area contributed by atoms with Gasteiger partial charge in [-0.3, -0.25) is 4.98 Å². The summed E-state index contributed by atoms with van der Waals surface area (Å²) in [6.45, 7) is 0. The highest BCUT2D eigenvalue weighted by Gasteiger charge is 2.05. The molecule has 0 atom stereocenters. The van der Waals surface area contributed by atoms with Gasteiger partial charge in [0.05, 0.1) is 5.69 Å². The maximum absolute atomic E-state index is 4.73. The van der Waals surface area contributed by atoms with Gasteiger partial charge in [-0.2, -0.15) is 0 Å². The molecule has 32 heavy (non-hydrogen) atoms. The van der Waals surface area contributed by atoms with E-state index >= 15 is 0 Å². The molecule has 0 spiro atoms. The molecule has 0 fully saturated rings. The van der Waals surface area contributed by atoms with Crippen LogP contribution in [0.15, 0.2) is 113 Å². The number of halogens is 2. The molecule has 0 aliphatic rings. The molecule has 0 aliphatic carbocycles. The fourth-order valence-electron chi connectivity index (χ4n) is 3.72. The SMILES string of the molecule is ISc1ccc(-c2ccc3ccc(-c4ccc(-c5ccc(SI)cc5)nc4)cc3c2)cc1. The van der Waals surface area contributed by atoms with Crippen molar-refractivity contribution in [1.82, 2.24) is 4.98 Å². The Morgan fingerprint density at radius 3 is 1.50 bits per heavy atom. The summed E-state index contributed by atoms with van der Waals surface area (Å²) in [5.74, 6) is 0. The van der Waals surface area contributed by atoms with Crippen LogP contribution in [0.5, 0.6) is 0 Å². The molecule has 1 nitrogen and oxygen atoms in total. The molecule has 0 amide bonds. The number of rotatable bonds is 5. The number of hydrogen-bond acceptors (Lipinski definition) is 3. The van der Waals surface area contributed by atoms with Crippen LogP contribution >= 0.6 is 60.3 Å². The van der Waals surface area contributed by atoms with Gasteiger partial charge in [0.2, 0.25) is 0 Å². The van der Waals surface area contributed by atoms with E-state index in [-0.39, 0.29) is 0 Å². The predicted octanol–water partition coefficient (Wildman–Crippen LogP) is 10.1. The Bertz CT molecular complexity index is 1370. The largest absolute Gasteiger partial charge is 0.256 e. The molecule has 1 heterocycles. The second-order valence-corrected chi connectivity index (χ2v) is 11.3. The Balaban J connectivity index is 1.45. The minimum Gasteiger partial charge on any atom is -0.256 e. The van der Waals surface area contributed by atoms with Crippen molar-refractivity contribution in [3.05, 3.63) is 103 Å². The third-order valence-electron chi connectivity index (χ3n) is 5.45. The van der Waals surface area contributed by atoms with Gasteiger partial charge in [-0.25, -0.2) is 0 Å². The molecule has 0 bridgehead atoms. The highest BCUT2D eigenvalue weighted by atomic mass is 127. The van der Waals surface area contributed by atoms with Crippen molar-refractivity contribution in [2.45, 2.75) is 9.79 Å². The number of fused-ring (bicyclic) bond motifs is 1. The molecule has 5 aromatic rings. The van der Waals surface area contributed by atoms with E-state index in [1.807, 2.05) is 6.20 Å². The molecule has 0 N–H and O–H groups in total. The third kappa shape index (κ3) is 4.85. The van der Waals surface area contributed by atoms with Gasteiger partial charge in [-0.05, 0) is 69.9 Å². The Morgan fingerprint density at radius 1 is 0.469 bits per heavy atom. The van der Waals surface area contributed by atoms with Crippen LogP contribution in [-0.4, -0.2) is 4.98 Å². The van der Waals surface area contributed by atoms with Crippen LogP contribution < -0.4 is 0 Å². The summed E-state index contributed by atoms with van der Waals surface area (Å²) in [6.07, 6.45) is 1.97. The lowest BCUT2D eigenvalue weighted by molar-refractivity contribution is 1.32. The zero-order valence-electron chi connectivity index (χ0n) is 16.8. The van der Waals surface area contributed by atoms with E-state index in [1.165, 1.54) is 37.3 Å². The number of benzene rings is 4. The van der Waals surface area contributed by atoms with Crippen molar-refractivity contribution in [2.75, 3.05) is 0 Å². The molecule has 0 saturated carbocycles. The zero-order valence-corrected chi connectivity index (χ0v) is 22.8. The number of pyridine rings is 1. The van der Waals surface area contributed by atoms with E-state index in [9.17, 15) is 0 Å². The van der Waals surface area contributed by atoms with E-state index < -0.39 is 0 Å². The van der Waals surface area contributed by atoms with E-state index in [4.69, 9.17) is 4.98 Å². The molecule has 0 unspecified atom stereocenters. The summed E-state index contributed by atoms with van der Waals surface area (Å²) in [6, 6.07) is 34.9. The van der Waals surface area contributed by atoms with E-state index in [0.717, 1.165) is 16.8 Å². The van der Waals surface area contributed by atoms with Crippen LogP contribution in [0.4, 0.5) is 0 Å². The first-order chi connectivity index (χ1) is 15.7. The summed E-state index contributed by atoms with van der Waals surface area (Å²) in [5.41, 5.74) is 6.92. The Hall–Kier alpha value is -1.55. The second kappa shape index (κ2) is 10.2. The van der Waals surface area contributed by atoms with Gasteiger partial charge in [0.15, 0.2) is 0 Å². The summed E-state index contributed by atoms with van der Waals surface area (Å²) < 4.78 is 0. The Morgan fingerprint density at radius 2 is 0.969 bits per heavy atom. The fourth-order valence-corrected chi connectivity index (χ4v) is 5.96. The lowest BCUT2D eigenvalue weighted by Crippen LogP contribution is -1.86. The third-order valence-corrected chi connectivity index (χ3v) is 9.40. The van der Waals surface area contributed by atoms with Gasteiger partial charge in [0.1, 0.15) is 0 Å². The van der Waals surface area contributed by atoms with Gasteiger partial charge in [0, 0.05) is 69.5 Å². The van der Waals surface area contributed by atoms with Crippen molar-refractivity contribution >= 4 is 71.0 Å². The lowest BCUT2D eigenvalue weighted by atomic mass is 9.98. The monoisotopic (exact) mass is 673 g/mol. The first-order valence-electron chi connectivity index (χ1n) is 10.0. The van der Waals surface area contributed by atoms with Crippen molar-refractivity contribution in [3.8, 4) is 33.5 Å². The van der Waals surface area contributed by atoms with Crippen LogP contribution in [0.2, 0.25) is 0 Å². The molecule has 5 rings (SSSR count). The summed E-state index contributed by atoms with van der Waals surface area (Å²) in [7, 11) is 3.46. The second-order valence-electron chi connectivity index (χ2n) is 7.41. The average molecular weight is 673 g/mol. The van der Waals surface area contributed by atoms with Gasteiger partial charge in [0.25, 0.3) is 0 Å². The minimum atomic E-state index is 0.995. The fraction of sp³-hybridized carbons (Fsp3) is 0. The number of nitrogens with zero attached hydrogens (tertiary/aromatic N) is 1. The molecular formula is C27H17I2NS2. The van der Waals surface area contributed by atoms with E-state index in [0.29, 0.717) is 0 Å². The van der Waals surface area contributed by atoms with Crippen molar-refractivity contribution in [1.29, 1.82) is 0 Å². The maximum atomic E-state index is 4.73. The number of aromatic nitrogens is 1. The van der Waals surface area contributed by atoms with E-state index in [1.54, 1.807) is 17.9 Å². The van der Waals surface area contributed by atoms with Gasteiger partial charge >= 0.3 is 0 Å². The quantitative estimate of drug-likeness (QED) is 0.173. The molecule has 0 radical (unpaired) electrons. The lowest BCUT2D eigenvalue weighted by Gasteiger charge is -2.08. The predicted molar refractivity (Wildman–Crippen MR) is 158 cm³/mol. The molecule has 1 aromatic heterocycles. The summed E-state index contributed by atoms with van der Waals surface area (Å²) in [4.78, 5) is 7.25. The molecular weight excluding hydrogens is 656 g/mol. The van der Waals surface area contributed by atoms with Crippen LogP contribution in [0.1, 0.15) is 0 Å². The van der Waals surface area contributed by atoms with Crippen LogP contribution in [0, 0.1) is 0 Å². The van der Waals surface area contributed by atoms with Crippen LogP contribution in [0.25, 0.3) is 44.3 Å². The molecule has 5 heteroatoms. The smallest absolute Gasteiger partial charge is 0.0702 e. The first kappa shape index (κ1) is 22.3. The molecule has 156 valence electrons. The maximum Gasteiger partial charge on any atom is 0.0702 e. The average Bonchev–Trinajstić information content (AvgIpc) is 2.88. The minimum absolute atomic E-state index is 0.995. The standard InChI is InChI=1S/C27H17I2NS2/c28-31-25-10-5-18(6-11-25)21-3-1-19-2-4-22(16-24(19)15-21)23-9-14-27(30-17-23)20-7-12-26(32-29)13-8-20/h1-17H. The van der Waals surface area contributed by atoms with Crippen LogP contribution in [-0.2, 0) is 0 Å². The Kier molecular flexibility index (Phi) is 7.06. The normalized spacial score (nSPS) is 11.1. The van der Waals surface area contributed by atoms with Crippen molar-refractivity contribution in [3.63, 3.8) is 0 Å². The number of hydrogen-bond donors (Lipinski definition) is 0. The first-order valence-corrected chi connectivity index (χ1v) is 16.7. The summed E-state index contributed by atoms with van der Waals surface area (Å²) in [5, 5.41) is 2.48. The van der Waals surface area contributed by atoms with Crippen molar-refractivity contribution < 1.29 is 0 Å².